The van der Waals surface area contributed by atoms with Gasteiger partial charge in [-0.05, 0) is 37.5 Å². The fourth-order valence-corrected chi connectivity index (χ4v) is 1.62. The lowest BCUT2D eigenvalue weighted by Gasteiger charge is -2.09. The van der Waals surface area contributed by atoms with E-state index in [4.69, 9.17) is 5.73 Å². The van der Waals surface area contributed by atoms with Crippen LogP contribution in [-0.4, -0.2) is 18.1 Å². The summed E-state index contributed by atoms with van der Waals surface area (Å²) in [5, 5.41) is 2.68. The van der Waals surface area contributed by atoms with E-state index in [-0.39, 0.29) is 30.8 Å². The molecule has 1 aromatic carbocycles. The highest BCUT2D eigenvalue weighted by molar-refractivity contribution is 5.90. The van der Waals surface area contributed by atoms with Crippen molar-refractivity contribution in [1.29, 1.82) is 0 Å². The lowest BCUT2D eigenvalue weighted by molar-refractivity contribution is -0.134. The smallest absolute Gasteiger partial charge is 0.328 e. The molecule has 0 saturated carbocycles. The molecule has 1 atom stereocenters. The van der Waals surface area contributed by atoms with E-state index in [0.717, 1.165) is 0 Å². The van der Waals surface area contributed by atoms with Gasteiger partial charge in [-0.2, -0.15) is 13.2 Å². The maximum atomic E-state index is 12.1. The second kappa shape index (κ2) is 8.89. The lowest BCUT2D eigenvalue weighted by atomic mass is 10.1. The first kappa shape index (κ1) is 19.7. The molecule has 21 heavy (non-hydrogen) atoms. The largest absolute Gasteiger partial charge is 0.389 e. The minimum absolute atomic E-state index is 0. The third-order valence-corrected chi connectivity index (χ3v) is 2.76. The summed E-state index contributed by atoms with van der Waals surface area (Å²) in [4.78, 5) is 11.5. The lowest BCUT2D eigenvalue weighted by Crippen LogP contribution is -2.19. The molecule has 0 saturated heterocycles. The zero-order valence-corrected chi connectivity index (χ0v) is 12.6. The van der Waals surface area contributed by atoms with Crippen molar-refractivity contribution in [3.05, 3.63) is 29.8 Å². The van der Waals surface area contributed by atoms with Crippen LogP contribution in [0.1, 0.15) is 31.7 Å². The number of hydrogen-bond donors (Lipinski definition) is 2. The summed E-state index contributed by atoms with van der Waals surface area (Å²) >= 11 is 0. The van der Waals surface area contributed by atoms with Gasteiger partial charge < -0.3 is 11.1 Å². The van der Waals surface area contributed by atoms with Crippen LogP contribution in [-0.2, 0) is 11.2 Å². The first-order chi connectivity index (χ1) is 9.26. The monoisotopic (exact) mass is 324 g/mol. The van der Waals surface area contributed by atoms with Crippen molar-refractivity contribution < 1.29 is 18.0 Å². The van der Waals surface area contributed by atoms with E-state index >= 15 is 0 Å². The Kier molecular flexibility index (Phi) is 8.36. The van der Waals surface area contributed by atoms with Crippen LogP contribution in [0, 0.1) is 0 Å². The van der Waals surface area contributed by atoms with Gasteiger partial charge in [-0.1, -0.05) is 12.1 Å². The number of anilines is 1. The van der Waals surface area contributed by atoms with Crippen molar-refractivity contribution in [3.63, 3.8) is 0 Å². The van der Waals surface area contributed by atoms with E-state index in [2.05, 4.69) is 5.32 Å². The van der Waals surface area contributed by atoms with Crippen LogP contribution in [0.3, 0.4) is 0 Å². The number of halogens is 4. The fraction of sp³-hybridized carbons (Fsp3) is 0.500. The van der Waals surface area contributed by atoms with E-state index in [1.165, 1.54) is 0 Å². The van der Waals surface area contributed by atoms with Crippen molar-refractivity contribution >= 4 is 24.0 Å². The van der Waals surface area contributed by atoms with Crippen molar-refractivity contribution in [2.75, 3.05) is 5.32 Å². The van der Waals surface area contributed by atoms with E-state index < -0.39 is 12.6 Å². The van der Waals surface area contributed by atoms with Crippen LogP contribution in [0.2, 0.25) is 0 Å². The standard InChI is InChI=1S/C14H19F3N2O.ClH/c1-10(18)2-7-13(20)19-12-5-3-11(4-6-12)8-9-14(15,16)17;/h3-6,10H,2,7-9,18H2,1H3,(H,19,20);1H. The zero-order valence-electron chi connectivity index (χ0n) is 11.7. The number of carbonyl (C=O) groups is 1. The number of nitrogens with two attached hydrogens (primary N) is 1. The number of alkyl halides is 3. The Morgan fingerprint density at radius 2 is 1.86 bits per heavy atom. The highest BCUT2D eigenvalue weighted by Gasteiger charge is 2.26. The molecular weight excluding hydrogens is 305 g/mol. The van der Waals surface area contributed by atoms with Crippen molar-refractivity contribution in [3.8, 4) is 0 Å². The van der Waals surface area contributed by atoms with Gasteiger partial charge in [0.25, 0.3) is 0 Å². The number of carbonyl (C=O) groups excluding carboxylic acids is 1. The Morgan fingerprint density at radius 3 is 2.33 bits per heavy atom. The number of amides is 1. The molecule has 0 aliphatic heterocycles. The third-order valence-electron chi connectivity index (χ3n) is 2.76. The zero-order chi connectivity index (χ0) is 15.2. The minimum Gasteiger partial charge on any atom is -0.328 e. The van der Waals surface area contributed by atoms with Gasteiger partial charge in [-0.15, -0.1) is 12.4 Å². The van der Waals surface area contributed by atoms with E-state index in [1.54, 1.807) is 24.3 Å². The fourth-order valence-electron chi connectivity index (χ4n) is 1.62. The highest BCUT2D eigenvalue weighted by Crippen LogP contribution is 2.22. The summed E-state index contributed by atoms with van der Waals surface area (Å²) in [6, 6.07) is 6.36. The molecule has 7 heteroatoms. The number of nitrogens with one attached hydrogen (secondary N) is 1. The SMILES string of the molecule is CC(N)CCC(=O)Nc1ccc(CCC(F)(F)F)cc1.Cl. The van der Waals surface area contributed by atoms with E-state index in [9.17, 15) is 18.0 Å². The van der Waals surface area contributed by atoms with Gasteiger partial charge in [-0.25, -0.2) is 0 Å². The summed E-state index contributed by atoms with van der Waals surface area (Å²) in [6.07, 6.45) is -4.12. The normalized spacial score (nSPS) is 12.4. The number of hydrogen-bond acceptors (Lipinski definition) is 2. The summed E-state index contributed by atoms with van der Waals surface area (Å²) in [5.74, 6) is -0.148. The van der Waals surface area contributed by atoms with E-state index in [1.807, 2.05) is 6.92 Å². The quantitative estimate of drug-likeness (QED) is 0.839. The molecule has 0 aromatic heterocycles. The molecule has 3 N–H and O–H groups in total. The Labute approximate surface area is 128 Å². The van der Waals surface area contributed by atoms with Gasteiger partial charge in [0.05, 0.1) is 0 Å². The molecule has 0 aliphatic carbocycles. The number of aryl methyl sites for hydroxylation is 1. The summed E-state index contributed by atoms with van der Waals surface area (Å²) in [5.41, 5.74) is 6.72. The summed E-state index contributed by atoms with van der Waals surface area (Å²) in [7, 11) is 0. The summed E-state index contributed by atoms with van der Waals surface area (Å²) in [6.45, 7) is 1.82. The topological polar surface area (TPSA) is 55.1 Å². The third kappa shape index (κ3) is 9.31. The Balaban J connectivity index is 0.00000400. The average molecular weight is 325 g/mol. The minimum atomic E-state index is -4.15. The summed E-state index contributed by atoms with van der Waals surface area (Å²) < 4.78 is 36.2. The molecule has 0 radical (unpaired) electrons. The molecule has 3 nitrogen and oxygen atoms in total. The molecule has 1 amide bonds. The average Bonchev–Trinajstić information content (AvgIpc) is 2.34. The Bertz CT molecular complexity index is 433. The molecule has 1 unspecified atom stereocenters. The van der Waals surface area contributed by atoms with Crippen molar-refractivity contribution in [2.24, 2.45) is 5.73 Å². The van der Waals surface area contributed by atoms with Crippen LogP contribution in [0.5, 0.6) is 0 Å². The molecule has 0 spiro atoms. The van der Waals surface area contributed by atoms with Crippen LogP contribution < -0.4 is 11.1 Å². The molecule has 0 heterocycles. The molecule has 1 rings (SSSR count). The van der Waals surface area contributed by atoms with Crippen LogP contribution in [0.4, 0.5) is 18.9 Å². The maximum absolute atomic E-state index is 12.1. The van der Waals surface area contributed by atoms with E-state index in [0.29, 0.717) is 24.1 Å². The number of rotatable bonds is 6. The van der Waals surface area contributed by atoms with Crippen molar-refractivity contribution in [1.82, 2.24) is 0 Å². The van der Waals surface area contributed by atoms with Gasteiger partial charge in [0.1, 0.15) is 0 Å². The second-order valence-electron chi connectivity index (χ2n) is 4.88. The second-order valence-corrected chi connectivity index (χ2v) is 4.88. The first-order valence-corrected chi connectivity index (χ1v) is 6.47. The van der Waals surface area contributed by atoms with Gasteiger partial charge in [0, 0.05) is 24.6 Å². The van der Waals surface area contributed by atoms with Gasteiger partial charge in [0.15, 0.2) is 0 Å². The van der Waals surface area contributed by atoms with Crippen LogP contribution in [0.25, 0.3) is 0 Å². The molecular formula is C14H20ClF3N2O. The molecule has 120 valence electrons. The Morgan fingerprint density at radius 1 is 1.29 bits per heavy atom. The van der Waals surface area contributed by atoms with Gasteiger partial charge in [-0.3, -0.25) is 4.79 Å². The first-order valence-electron chi connectivity index (χ1n) is 6.47. The van der Waals surface area contributed by atoms with Crippen LogP contribution >= 0.6 is 12.4 Å². The highest BCUT2D eigenvalue weighted by atomic mass is 35.5. The molecule has 0 aliphatic rings. The predicted octanol–water partition coefficient (Wildman–Crippen LogP) is 3.67. The van der Waals surface area contributed by atoms with Crippen molar-refractivity contribution in [2.45, 2.75) is 44.8 Å². The maximum Gasteiger partial charge on any atom is 0.389 e. The van der Waals surface area contributed by atoms with Gasteiger partial charge in [0.2, 0.25) is 5.91 Å². The molecule has 1 aromatic rings. The van der Waals surface area contributed by atoms with Gasteiger partial charge >= 0.3 is 6.18 Å². The molecule has 0 bridgehead atoms. The number of benzene rings is 1. The predicted molar refractivity (Wildman–Crippen MR) is 79.6 cm³/mol. The molecule has 0 fully saturated rings. The Hall–Kier alpha value is -1.27. The van der Waals surface area contributed by atoms with Crippen LogP contribution in [0.15, 0.2) is 24.3 Å².